The second-order valence-corrected chi connectivity index (χ2v) is 4.69. The normalized spacial score (nSPS) is 13.0. The van der Waals surface area contributed by atoms with Gasteiger partial charge in [-0.1, -0.05) is 37.3 Å². The van der Waals surface area contributed by atoms with Gasteiger partial charge >= 0.3 is 6.18 Å². The highest BCUT2D eigenvalue weighted by Crippen LogP contribution is 2.32. The van der Waals surface area contributed by atoms with Gasteiger partial charge in [0.15, 0.2) is 5.78 Å². The van der Waals surface area contributed by atoms with Crippen molar-refractivity contribution in [2.75, 3.05) is 0 Å². The largest absolute Gasteiger partial charge is 0.419 e. The predicted molar refractivity (Wildman–Crippen MR) is 70.6 cm³/mol. The number of halogens is 4. The van der Waals surface area contributed by atoms with E-state index in [9.17, 15) is 22.4 Å². The maximum absolute atomic E-state index is 13.2. The summed E-state index contributed by atoms with van der Waals surface area (Å²) >= 11 is 0. The minimum Gasteiger partial charge on any atom is -0.294 e. The minimum atomic E-state index is -4.82. The van der Waals surface area contributed by atoms with Crippen molar-refractivity contribution in [2.24, 2.45) is 0 Å². The van der Waals surface area contributed by atoms with Gasteiger partial charge in [0.05, 0.1) is 5.56 Å². The monoisotopic (exact) mass is 296 g/mol. The number of hydrogen-bond donors (Lipinski definition) is 0. The molecule has 0 saturated carbocycles. The van der Waals surface area contributed by atoms with Crippen molar-refractivity contribution in [3.05, 3.63) is 71.0 Å². The zero-order valence-corrected chi connectivity index (χ0v) is 11.1. The minimum absolute atomic E-state index is 0.153. The molecule has 0 N–H and O–H groups in total. The first-order chi connectivity index (χ1) is 9.80. The van der Waals surface area contributed by atoms with Gasteiger partial charge in [0.25, 0.3) is 0 Å². The molecule has 0 fully saturated rings. The zero-order chi connectivity index (χ0) is 15.6. The van der Waals surface area contributed by atoms with Crippen LogP contribution in [-0.4, -0.2) is 5.78 Å². The van der Waals surface area contributed by atoms with Crippen LogP contribution < -0.4 is 0 Å². The number of benzene rings is 2. The van der Waals surface area contributed by atoms with Crippen LogP contribution in [0, 0.1) is 5.82 Å². The molecular weight excluding hydrogens is 284 g/mol. The van der Waals surface area contributed by atoms with Crippen LogP contribution in [0.2, 0.25) is 0 Å². The molecule has 0 heterocycles. The van der Waals surface area contributed by atoms with Gasteiger partial charge in [-0.25, -0.2) is 4.39 Å². The summed E-state index contributed by atoms with van der Waals surface area (Å²) in [5.41, 5.74) is -0.880. The maximum atomic E-state index is 13.2. The molecule has 110 valence electrons. The van der Waals surface area contributed by atoms with Crippen LogP contribution >= 0.6 is 0 Å². The first kappa shape index (κ1) is 15.2. The fourth-order valence-electron chi connectivity index (χ4n) is 2.04. The summed E-state index contributed by atoms with van der Waals surface area (Å²) in [4.78, 5) is 12.2. The van der Waals surface area contributed by atoms with E-state index in [1.165, 1.54) is 0 Å². The summed E-state index contributed by atoms with van der Waals surface area (Å²) in [6, 6.07) is 11.0. The molecule has 0 aliphatic carbocycles. The van der Waals surface area contributed by atoms with Gasteiger partial charge in [-0.15, -0.1) is 0 Å². The van der Waals surface area contributed by atoms with Crippen molar-refractivity contribution in [3.8, 4) is 0 Å². The quantitative estimate of drug-likeness (QED) is 0.585. The summed E-state index contributed by atoms with van der Waals surface area (Å²) in [5.74, 6) is -2.46. The van der Waals surface area contributed by atoms with E-state index >= 15 is 0 Å². The van der Waals surface area contributed by atoms with E-state index in [0.717, 1.165) is 6.07 Å². The van der Waals surface area contributed by atoms with Crippen molar-refractivity contribution < 1.29 is 22.4 Å². The Morgan fingerprint density at radius 3 is 2.24 bits per heavy atom. The van der Waals surface area contributed by atoms with E-state index < -0.39 is 29.3 Å². The summed E-state index contributed by atoms with van der Waals surface area (Å²) in [7, 11) is 0. The number of rotatable bonds is 3. The molecule has 1 nitrogen and oxygen atoms in total. The topological polar surface area (TPSA) is 17.1 Å². The zero-order valence-electron chi connectivity index (χ0n) is 11.1. The number of alkyl halides is 3. The molecule has 21 heavy (non-hydrogen) atoms. The summed E-state index contributed by atoms with van der Waals surface area (Å²) < 4.78 is 51.2. The van der Waals surface area contributed by atoms with Crippen LogP contribution in [0.3, 0.4) is 0 Å². The lowest BCUT2D eigenvalue weighted by Crippen LogP contribution is -2.13. The van der Waals surface area contributed by atoms with Gasteiger partial charge < -0.3 is 0 Å². The van der Waals surface area contributed by atoms with Crippen molar-refractivity contribution in [2.45, 2.75) is 19.0 Å². The van der Waals surface area contributed by atoms with Crippen molar-refractivity contribution >= 4 is 5.78 Å². The highest BCUT2D eigenvalue weighted by Gasteiger charge is 2.35. The second kappa shape index (κ2) is 5.68. The predicted octanol–water partition coefficient (Wildman–Crippen LogP) is 4.83. The fraction of sp³-hybridized carbons (Fsp3) is 0.188. The Kier molecular flexibility index (Phi) is 4.11. The highest BCUT2D eigenvalue weighted by atomic mass is 19.4. The molecule has 0 bridgehead atoms. The average Bonchev–Trinajstić information content (AvgIpc) is 2.46. The van der Waals surface area contributed by atoms with Gasteiger partial charge in [0.1, 0.15) is 5.82 Å². The van der Waals surface area contributed by atoms with Crippen LogP contribution in [-0.2, 0) is 6.18 Å². The second-order valence-electron chi connectivity index (χ2n) is 4.69. The molecule has 2 rings (SSSR count). The summed E-state index contributed by atoms with van der Waals surface area (Å²) in [5, 5.41) is 0. The smallest absolute Gasteiger partial charge is 0.294 e. The van der Waals surface area contributed by atoms with Crippen LogP contribution in [0.1, 0.15) is 34.3 Å². The molecule has 1 unspecified atom stereocenters. The number of hydrogen-bond acceptors (Lipinski definition) is 1. The number of ketones is 1. The lowest BCUT2D eigenvalue weighted by atomic mass is 9.91. The van der Waals surface area contributed by atoms with E-state index in [1.54, 1.807) is 37.3 Å². The van der Waals surface area contributed by atoms with Crippen LogP contribution in [0.15, 0.2) is 48.5 Å². The Hall–Kier alpha value is -2.17. The Balaban J connectivity index is 2.36. The fourth-order valence-corrected chi connectivity index (χ4v) is 2.04. The summed E-state index contributed by atoms with van der Waals surface area (Å²) in [6.45, 7) is 1.61. The van der Waals surface area contributed by atoms with Gasteiger partial charge in [0.2, 0.25) is 0 Å². The molecular formula is C16H12F4O. The maximum Gasteiger partial charge on any atom is 0.419 e. The van der Waals surface area contributed by atoms with E-state index in [2.05, 4.69) is 0 Å². The number of carbonyl (C=O) groups is 1. The molecule has 0 aliphatic rings. The van der Waals surface area contributed by atoms with Crippen LogP contribution in [0.25, 0.3) is 0 Å². The molecule has 0 saturated heterocycles. The molecule has 2 aromatic carbocycles. The Morgan fingerprint density at radius 1 is 1.05 bits per heavy atom. The van der Waals surface area contributed by atoms with Crippen LogP contribution in [0.5, 0.6) is 0 Å². The molecule has 0 radical (unpaired) electrons. The molecule has 1 atom stereocenters. The summed E-state index contributed by atoms with van der Waals surface area (Å²) in [6.07, 6.45) is -4.82. The van der Waals surface area contributed by atoms with Gasteiger partial charge in [0, 0.05) is 11.5 Å². The molecule has 0 aromatic heterocycles. The Labute approximate surface area is 119 Å². The number of Topliss-reactive ketones (excluding diaryl/α,β-unsaturated/α-hetero) is 1. The average molecular weight is 296 g/mol. The molecule has 0 spiro atoms. The van der Waals surface area contributed by atoms with E-state index in [1.807, 2.05) is 0 Å². The molecule has 2 aromatic rings. The van der Waals surface area contributed by atoms with Gasteiger partial charge in [-0.05, 0) is 23.8 Å². The number of carbonyl (C=O) groups excluding carboxylic acids is 1. The molecule has 0 amide bonds. The Morgan fingerprint density at radius 2 is 1.67 bits per heavy atom. The van der Waals surface area contributed by atoms with Crippen LogP contribution in [0.4, 0.5) is 17.6 Å². The Bertz CT molecular complexity index is 647. The van der Waals surface area contributed by atoms with Crippen molar-refractivity contribution in [1.29, 1.82) is 0 Å². The first-order valence-electron chi connectivity index (χ1n) is 6.26. The highest BCUT2D eigenvalue weighted by molar-refractivity contribution is 6.00. The lowest BCUT2D eigenvalue weighted by Gasteiger charge is -2.13. The van der Waals surface area contributed by atoms with Crippen molar-refractivity contribution in [1.82, 2.24) is 0 Å². The third kappa shape index (κ3) is 3.29. The van der Waals surface area contributed by atoms with Gasteiger partial charge in [-0.2, -0.15) is 13.2 Å². The lowest BCUT2D eigenvalue weighted by molar-refractivity contribution is -0.140. The van der Waals surface area contributed by atoms with E-state index in [4.69, 9.17) is 0 Å². The third-order valence-corrected chi connectivity index (χ3v) is 3.25. The third-order valence-electron chi connectivity index (χ3n) is 3.25. The molecule has 5 heteroatoms. The first-order valence-corrected chi connectivity index (χ1v) is 6.26. The van der Waals surface area contributed by atoms with E-state index in [0.29, 0.717) is 17.7 Å². The molecule has 0 aliphatic heterocycles. The van der Waals surface area contributed by atoms with Crippen molar-refractivity contribution in [3.63, 3.8) is 0 Å². The van der Waals surface area contributed by atoms with E-state index in [-0.39, 0.29) is 5.56 Å². The SMILES string of the molecule is CC(C(=O)c1ccc(F)c(C(F)(F)F)c1)c1ccccc1. The standard InChI is InChI=1S/C16H12F4O/c1-10(11-5-3-2-4-6-11)15(21)12-7-8-14(17)13(9-12)16(18,19)20/h2-10H,1H3. The van der Waals surface area contributed by atoms with Gasteiger partial charge in [-0.3, -0.25) is 4.79 Å².